The van der Waals surface area contributed by atoms with Crippen molar-refractivity contribution in [1.29, 1.82) is 0 Å². The molecular weight excluding hydrogens is 709 g/mol. The molecule has 6 nitrogen and oxygen atoms in total. The summed E-state index contributed by atoms with van der Waals surface area (Å²) in [5.74, 6) is 0.844. The van der Waals surface area contributed by atoms with Gasteiger partial charge in [-0.1, -0.05) is 240 Å². The van der Waals surface area contributed by atoms with Gasteiger partial charge in [0.1, 0.15) is 13.2 Å². The van der Waals surface area contributed by atoms with E-state index in [1.165, 1.54) is 167 Å². The van der Waals surface area contributed by atoms with Gasteiger partial charge in [-0.2, -0.15) is 0 Å². The van der Waals surface area contributed by atoms with Crippen LogP contribution in [0.1, 0.15) is 279 Å². The van der Waals surface area contributed by atoms with Crippen LogP contribution in [-0.4, -0.2) is 37.2 Å². The SMILES string of the molecule is CCCCCCCCCCCCCC(=O)OC[C@H](COC(=O)CCCCCCCCCCCCC(C)CC)OC(=O)CCCCCCCCCCCCCC(C)C. The van der Waals surface area contributed by atoms with E-state index in [-0.39, 0.29) is 31.1 Å². The third kappa shape index (κ3) is 43.8. The molecule has 2 atom stereocenters. The number of esters is 3. The Morgan fingerprint density at radius 3 is 1.00 bits per heavy atom. The van der Waals surface area contributed by atoms with Crippen LogP contribution in [0.2, 0.25) is 0 Å². The van der Waals surface area contributed by atoms with Crippen LogP contribution in [0.3, 0.4) is 0 Å². The molecule has 1 unspecified atom stereocenters. The number of carbonyl (C=O) groups excluding carboxylic acids is 3. The van der Waals surface area contributed by atoms with Crippen LogP contribution in [0.5, 0.6) is 0 Å². The van der Waals surface area contributed by atoms with Crippen molar-refractivity contribution in [1.82, 2.24) is 0 Å². The Morgan fingerprint density at radius 2 is 0.667 bits per heavy atom. The van der Waals surface area contributed by atoms with Crippen LogP contribution in [0.15, 0.2) is 0 Å². The first-order valence-corrected chi connectivity index (χ1v) is 25.3. The molecule has 0 aromatic carbocycles. The summed E-state index contributed by atoms with van der Waals surface area (Å²) >= 11 is 0. The van der Waals surface area contributed by atoms with Crippen LogP contribution >= 0.6 is 0 Å². The lowest BCUT2D eigenvalue weighted by atomic mass is 9.99. The summed E-state index contributed by atoms with van der Waals surface area (Å²) in [6, 6.07) is 0. The third-order valence-electron chi connectivity index (χ3n) is 11.8. The molecule has 0 N–H and O–H groups in total. The molecule has 0 radical (unpaired) electrons. The van der Waals surface area contributed by atoms with Gasteiger partial charge in [-0.05, 0) is 31.1 Å². The molecule has 0 saturated carbocycles. The number of hydrogen-bond donors (Lipinski definition) is 0. The summed E-state index contributed by atoms with van der Waals surface area (Å²) in [6.07, 6.45) is 43.6. The van der Waals surface area contributed by atoms with E-state index < -0.39 is 6.10 Å². The lowest BCUT2D eigenvalue weighted by molar-refractivity contribution is -0.167. The first-order valence-electron chi connectivity index (χ1n) is 25.3. The van der Waals surface area contributed by atoms with E-state index in [4.69, 9.17) is 14.2 Å². The minimum atomic E-state index is -0.761. The zero-order valence-electron chi connectivity index (χ0n) is 39.0. The van der Waals surface area contributed by atoms with Crippen molar-refractivity contribution in [2.24, 2.45) is 11.8 Å². The highest BCUT2D eigenvalue weighted by Crippen LogP contribution is 2.18. The molecule has 0 heterocycles. The normalized spacial score (nSPS) is 12.5. The summed E-state index contributed by atoms with van der Waals surface area (Å²) < 4.78 is 16.8. The Labute approximate surface area is 355 Å². The van der Waals surface area contributed by atoms with Crippen molar-refractivity contribution in [2.45, 2.75) is 285 Å². The van der Waals surface area contributed by atoms with Gasteiger partial charge in [0.15, 0.2) is 6.10 Å². The first-order chi connectivity index (χ1) is 27.8. The lowest BCUT2D eigenvalue weighted by Gasteiger charge is -2.18. The van der Waals surface area contributed by atoms with Gasteiger partial charge in [0.05, 0.1) is 0 Å². The highest BCUT2D eigenvalue weighted by molar-refractivity contribution is 5.71. The summed E-state index contributed by atoms with van der Waals surface area (Å²) in [4.78, 5) is 37.9. The summed E-state index contributed by atoms with van der Waals surface area (Å²) in [5.41, 5.74) is 0. The van der Waals surface area contributed by atoms with Gasteiger partial charge in [-0.3, -0.25) is 14.4 Å². The number of carbonyl (C=O) groups is 3. The topological polar surface area (TPSA) is 78.9 Å². The number of hydrogen-bond acceptors (Lipinski definition) is 6. The minimum absolute atomic E-state index is 0.0640. The predicted molar refractivity (Wildman–Crippen MR) is 243 cm³/mol. The highest BCUT2D eigenvalue weighted by Gasteiger charge is 2.19. The summed E-state index contributed by atoms with van der Waals surface area (Å²) in [7, 11) is 0. The highest BCUT2D eigenvalue weighted by atomic mass is 16.6. The molecule has 338 valence electrons. The molecule has 0 aromatic rings. The lowest BCUT2D eigenvalue weighted by Crippen LogP contribution is -2.30. The Hall–Kier alpha value is -1.59. The Bertz CT molecular complexity index is 872. The van der Waals surface area contributed by atoms with Gasteiger partial charge in [-0.15, -0.1) is 0 Å². The largest absolute Gasteiger partial charge is 0.462 e. The molecule has 0 fully saturated rings. The molecular formula is C51H98O6. The van der Waals surface area contributed by atoms with Crippen molar-refractivity contribution in [3.05, 3.63) is 0 Å². The molecule has 0 amide bonds. The molecule has 0 bridgehead atoms. The van der Waals surface area contributed by atoms with Crippen molar-refractivity contribution in [3.63, 3.8) is 0 Å². The van der Waals surface area contributed by atoms with Crippen molar-refractivity contribution < 1.29 is 28.6 Å². The van der Waals surface area contributed by atoms with Crippen LogP contribution < -0.4 is 0 Å². The maximum absolute atomic E-state index is 12.8. The van der Waals surface area contributed by atoms with Gasteiger partial charge in [-0.25, -0.2) is 0 Å². The Kier molecular flexibility index (Phi) is 42.7. The van der Waals surface area contributed by atoms with Crippen LogP contribution in [0, 0.1) is 11.8 Å². The molecule has 0 aromatic heterocycles. The van der Waals surface area contributed by atoms with Crippen LogP contribution in [0.25, 0.3) is 0 Å². The average molecular weight is 807 g/mol. The quantitative estimate of drug-likeness (QED) is 0.0346. The fourth-order valence-corrected chi connectivity index (χ4v) is 7.60. The van der Waals surface area contributed by atoms with E-state index in [1.807, 2.05) is 0 Å². The molecule has 0 aliphatic heterocycles. The molecule has 57 heavy (non-hydrogen) atoms. The molecule has 0 aliphatic rings. The summed E-state index contributed by atoms with van der Waals surface area (Å²) in [6.45, 7) is 11.4. The zero-order chi connectivity index (χ0) is 41.9. The van der Waals surface area contributed by atoms with Crippen molar-refractivity contribution in [3.8, 4) is 0 Å². The number of unbranched alkanes of at least 4 members (excludes halogenated alkanes) is 29. The van der Waals surface area contributed by atoms with Gasteiger partial charge in [0.2, 0.25) is 0 Å². The molecule has 0 rings (SSSR count). The first kappa shape index (κ1) is 55.4. The second-order valence-electron chi connectivity index (χ2n) is 18.2. The maximum atomic E-state index is 12.8. The van der Waals surface area contributed by atoms with Gasteiger partial charge < -0.3 is 14.2 Å². The second-order valence-corrected chi connectivity index (χ2v) is 18.2. The van der Waals surface area contributed by atoms with Crippen LogP contribution in [0.4, 0.5) is 0 Å². The maximum Gasteiger partial charge on any atom is 0.306 e. The monoisotopic (exact) mass is 807 g/mol. The smallest absolute Gasteiger partial charge is 0.306 e. The molecule has 0 aliphatic carbocycles. The average Bonchev–Trinajstić information content (AvgIpc) is 3.19. The minimum Gasteiger partial charge on any atom is -0.462 e. The van der Waals surface area contributed by atoms with Gasteiger partial charge >= 0.3 is 17.9 Å². The Morgan fingerprint density at radius 1 is 0.368 bits per heavy atom. The fraction of sp³-hybridized carbons (Fsp3) is 0.941. The van der Waals surface area contributed by atoms with Crippen molar-refractivity contribution in [2.75, 3.05) is 13.2 Å². The zero-order valence-corrected chi connectivity index (χ0v) is 39.0. The number of rotatable bonds is 45. The second kappa shape index (κ2) is 44.0. The van der Waals surface area contributed by atoms with Crippen LogP contribution in [-0.2, 0) is 28.6 Å². The van der Waals surface area contributed by atoms with E-state index in [2.05, 4.69) is 34.6 Å². The van der Waals surface area contributed by atoms with Gasteiger partial charge in [0, 0.05) is 19.3 Å². The standard InChI is InChI=1S/C51H98O6/c1-6-8-9-10-11-12-14-21-26-31-36-41-49(52)55-44-48(57-51(54)43-38-33-28-23-16-13-15-19-24-29-34-39-46(3)4)45-56-50(53)42-37-32-27-22-18-17-20-25-30-35-40-47(5)7-2/h46-48H,6-45H2,1-5H3/t47?,48-/m1/s1. The van der Waals surface area contributed by atoms with Gasteiger partial charge in [0.25, 0.3) is 0 Å². The Balaban J connectivity index is 4.33. The van der Waals surface area contributed by atoms with Crippen molar-refractivity contribution >= 4 is 17.9 Å². The fourth-order valence-electron chi connectivity index (χ4n) is 7.60. The van der Waals surface area contributed by atoms with E-state index in [0.29, 0.717) is 19.3 Å². The van der Waals surface area contributed by atoms with E-state index in [9.17, 15) is 14.4 Å². The molecule has 6 heteroatoms. The predicted octanol–water partition coefficient (Wildman–Crippen LogP) is 16.1. The molecule has 0 saturated heterocycles. The van der Waals surface area contributed by atoms with E-state index in [0.717, 1.165) is 69.6 Å². The third-order valence-corrected chi connectivity index (χ3v) is 11.8. The van der Waals surface area contributed by atoms with E-state index >= 15 is 0 Å². The molecule has 0 spiro atoms. The summed E-state index contributed by atoms with van der Waals surface area (Å²) in [5, 5.41) is 0. The number of ether oxygens (including phenoxy) is 3. The van der Waals surface area contributed by atoms with E-state index in [1.54, 1.807) is 0 Å².